The van der Waals surface area contributed by atoms with E-state index < -0.39 is 0 Å². The van der Waals surface area contributed by atoms with Gasteiger partial charge in [0.1, 0.15) is 5.82 Å². The second-order valence-corrected chi connectivity index (χ2v) is 5.39. The van der Waals surface area contributed by atoms with Crippen LogP contribution in [0.25, 0.3) is 11.0 Å². The Morgan fingerprint density at radius 1 is 1.20 bits per heavy atom. The van der Waals surface area contributed by atoms with E-state index in [0.29, 0.717) is 4.77 Å². The van der Waals surface area contributed by atoms with Crippen molar-refractivity contribution >= 4 is 23.3 Å². The molecular weight excluding hydrogens is 271 g/mol. The molecule has 20 heavy (non-hydrogen) atoms. The lowest BCUT2D eigenvalue weighted by atomic mass is 10.1. The van der Waals surface area contributed by atoms with Gasteiger partial charge in [-0.1, -0.05) is 30.3 Å². The predicted octanol–water partition coefficient (Wildman–Crippen LogP) is 4.64. The first-order chi connectivity index (χ1) is 9.65. The number of H-pyrrole nitrogens is 1. The van der Waals surface area contributed by atoms with Crippen LogP contribution in [0.4, 0.5) is 4.39 Å². The summed E-state index contributed by atoms with van der Waals surface area (Å²) in [5.74, 6) is -0.253. The molecule has 2 aromatic carbocycles. The lowest BCUT2D eigenvalue weighted by molar-refractivity contribution is 0.553. The van der Waals surface area contributed by atoms with Crippen LogP contribution in [0.1, 0.15) is 18.5 Å². The second-order valence-electron chi connectivity index (χ2n) is 5.00. The molecule has 2 nitrogen and oxygen atoms in total. The van der Waals surface area contributed by atoms with E-state index in [2.05, 4.69) is 28.6 Å². The van der Waals surface area contributed by atoms with Gasteiger partial charge in [-0.3, -0.25) is 0 Å². The Hall–Kier alpha value is -1.94. The molecule has 3 rings (SSSR count). The smallest absolute Gasteiger partial charge is 0.178 e. The van der Waals surface area contributed by atoms with Crippen molar-refractivity contribution in [1.29, 1.82) is 0 Å². The first kappa shape index (κ1) is 13.1. The van der Waals surface area contributed by atoms with Crippen molar-refractivity contribution in [3.8, 4) is 0 Å². The van der Waals surface area contributed by atoms with Crippen LogP contribution < -0.4 is 0 Å². The van der Waals surface area contributed by atoms with Gasteiger partial charge in [-0.2, -0.15) is 0 Å². The maximum absolute atomic E-state index is 13.3. The lowest BCUT2D eigenvalue weighted by Crippen LogP contribution is -2.08. The molecule has 0 aliphatic rings. The van der Waals surface area contributed by atoms with Gasteiger partial charge in [0.05, 0.1) is 11.0 Å². The van der Waals surface area contributed by atoms with Gasteiger partial charge in [0.25, 0.3) is 0 Å². The van der Waals surface area contributed by atoms with Gasteiger partial charge in [0.15, 0.2) is 4.77 Å². The number of aromatic amines is 1. The quantitative estimate of drug-likeness (QED) is 0.695. The summed E-state index contributed by atoms with van der Waals surface area (Å²) >= 11 is 5.37. The van der Waals surface area contributed by atoms with Gasteiger partial charge in [0, 0.05) is 6.04 Å². The minimum atomic E-state index is -0.253. The van der Waals surface area contributed by atoms with Crippen LogP contribution >= 0.6 is 12.2 Å². The van der Waals surface area contributed by atoms with E-state index in [1.54, 1.807) is 6.07 Å². The molecule has 1 unspecified atom stereocenters. The summed E-state index contributed by atoms with van der Waals surface area (Å²) in [5.41, 5.74) is 2.95. The molecule has 0 radical (unpaired) electrons. The van der Waals surface area contributed by atoms with E-state index in [0.717, 1.165) is 17.5 Å². The lowest BCUT2D eigenvalue weighted by Gasteiger charge is -2.14. The van der Waals surface area contributed by atoms with E-state index in [1.807, 2.05) is 18.2 Å². The van der Waals surface area contributed by atoms with Gasteiger partial charge >= 0.3 is 0 Å². The Balaban J connectivity index is 2.01. The van der Waals surface area contributed by atoms with E-state index in [-0.39, 0.29) is 11.9 Å². The third-order valence-corrected chi connectivity index (χ3v) is 3.79. The van der Waals surface area contributed by atoms with Crippen LogP contribution in [0, 0.1) is 10.6 Å². The van der Waals surface area contributed by atoms with Crippen LogP contribution in [0.5, 0.6) is 0 Å². The number of halogens is 1. The van der Waals surface area contributed by atoms with Crippen LogP contribution in [-0.2, 0) is 6.42 Å². The van der Waals surface area contributed by atoms with E-state index in [1.165, 1.54) is 17.7 Å². The molecule has 0 spiro atoms. The van der Waals surface area contributed by atoms with Crippen molar-refractivity contribution < 1.29 is 4.39 Å². The Bertz CT molecular complexity index is 789. The van der Waals surface area contributed by atoms with Crippen LogP contribution in [0.2, 0.25) is 0 Å². The van der Waals surface area contributed by atoms with Gasteiger partial charge in [-0.05, 0) is 49.3 Å². The first-order valence-electron chi connectivity index (χ1n) is 6.59. The number of nitrogens with zero attached hydrogens (tertiary/aromatic N) is 1. The van der Waals surface area contributed by atoms with Crippen LogP contribution in [0.15, 0.2) is 48.5 Å². The van der Waals surface area contributed by atoms with Crippen molar-refractivity contribution in [2.24, 2.45) is 0 Å². The monoisotopic (exact) mass is 286 g/mol. The van der Waals surface area contributed by atoms with Crippen LogP contribution in [0.3, 0.4) is 0 Å². The average molecular weight is 286 g/mol. The molecule has 0 saturated carbocycles. The van der Waals surface area contributed by atoms with Gasteiger partial charge in [-0.15, -0.1) is 0 Å². The zero-order valence-corrected chi connectivity index (χ0v) is 12.0. The van der Waals surface area contributed by atoms with Gasteiger partial charge in [0.2, 0.25) is 0 Å². The first-order valence-corrected chi connectivity index (χ1v) is 6.99. The number of hydrogen-bond donors (Lipinski definition) is 1. The molecule has 0 aliphatic heterocycles. The fourth-order valence-corrected chi connectivity index (χ4v) is 2.98. The fraction of sp³-hybridized carbons (Fsp3) is 0.188. The molecule has 1 heterocycles. The van der Waals surface area contributed by atoms with Crippen molar-refractivity contribution in [1.82, 2.24) is 9.55 Å². The molecule has 0 saturated heterocycles. The molecule has 4 heteroatoms. The SMILES string of the molecule is CC(Cc1ccccc1)n1c(=S)[nH]c2cc(F)ccc21. The molecule has 3 aromatic rings. The Morgan fingerprint density at radius 2 is 1.95 bits per heavy atom. The van der Waals surface area contributed by atoms with Crippen molar-refractivity contribution in [2.45, 2.75) is 19.4 Å². The highest BCUT2D eigenvalue weighted by Gasteiger charge is 2.12. The molecule has 0 bridgehead atoms. The number of fused-ring (bicyclic) bond motifs is 1. The van der Waals surface area contributed by atoms with Crippen molar-refractivity contribution in [2.75, 3.05) is 0 Å². The maximum Gasteiger partial charge on any atom is 0.178 e. The number of rotatable bonds is 3. The van der Waals surface area contributed by atoms with Crippen LogP contribution in [-0.4, -0.2) is 9.55 Å². The number of imidazole rings is 1. The normalized spacial score (nSPS) is 12.7. The molecule has 0 amide bonds. The van der Waals surface area contributed by atoms with E-state index in [4.69, 9.17) is 12.2 Å². The largest absolute Gasteiger partial charge is 0.330 e. The third kappa shape index (κ3) is 2.39. The highest BCUT2D eigenvalue weighted by atomic mass is 32.1. The molecule has 0 fully saturated rings. The molecule has 1 atom stereocenters. The Morgan fingerprint density at radius 3 is 2.70 bits per heavy atom. The molecule has 1 N–H and O–H groups in total. The minimum Gasteiger partial charge on any atom is -0.330 e. The Kier molecular flexibility index (Phi) is 3.40. The average Bonchev–Trinajstić information content (AvgIpc) is 2.74. The van der Waals surface area contributed by atoms with Crippen molar-refractivity contribution in [3.63, 3.8) is 0 Å². The molecule has 1 aromatic heterocycles. The van der Waals surface area contributed by atoms with E-state index in [9.17, 15) is 4.39 Å². The highest BCUT2D eigenvalue weighted by Crippen LogP contribution is 2.22. The zero-order valence-electron chi connectivity index (χ0n) is 11.1. The summed E-state index contributed by atoms with van der Waals surface area (Å²) in [6.45, 7) is 2.12. The topological polar surface area (TPSA) is 20.7 Å². The number of nitrogens with one attached hydrogen (secondary N) is 1. The minimum absolute atomic E-state index is 0.212. The second kappa shape index (κ2) is 5.21. The number of benzene rings is 2. The van der Waals surface area contributed by atoms with Gasteiger partial charge in [-0.25, -0.2) is 4.39 Å². The summed E-state index contributed by atoms with van der Waals surface area (Å²) in [4.78, 5) is 3.07. The predicted molar refractivity (Wildman–Crippen MR) is 81.9 cm³/mol. The maximum atomic E-state index is 13.3. The molecule has 102 valence electrons. The van der Waals surface area contributed by atoms with Crippen molar-refractivity contribution in [3.05, 3.63) is 64.7 Å². The van der Waals surface area contributed by atoms with E-state index >= 15 is 0 Å². The summed E-state index contributed by atoms with van der Waals surface area (Å²) in [5, 5.41) is 0. The van der Waals surface area contributed by atoms with Gasteiger partial charge < -0.3 is 9.55 Å². The third-order valence-electron chi connectivity index (χ3n) is 3.49. The summed E-state index contributed by atoms with van der Waals surface area (Å²) in [7, 11) is 0. The summed E-state index contributed by atoms with van der Waals surface area (Å²) in [6, 6.07) is 15.2. The summed E-state index contributed by atoms with van der Waals surface area (Å²) in [6.07, 6.45) is 0.888. The molecule has 0 aliphatic carbocycles. The standard InChI is InChI=1S/C16H15FN2S/c1-11(9-12-5-3-2-4-6-12)19-15-8-7-13(17)10-14(15)18-16(19)20/h2-8,10-11H,9H2,1H3,(H,18,20). The Labute approximate surface area is 121 Å². The fourth-order valence-electron chi connectivity index (χ4n) is 2.59. The number of aromatic nitrogens is 2. The highest BCUT2D eigenvalue weighted by molar-refractivity contribution is 7.71. The zero-order chi connectivity index (χ0) is 14.1. The summed E-state index contributed by atoms with van der Waals surface area (Å²) < 4.78 is 15.9. The number of hydrogen-bond acceptors (Lipinski definition) is 1. The molecular formula is C16H15FN2S.